The normalized spacial score (nSPS) is 26.3. The predicted molar refractivity (Wildman–Crippen MR) is 83.3 cm³/mol. The lowest BCUT2D eigenvalue weighted by atomic mass is 10.0. The molecule has 116 valence electrons. The maximum absolute atomic E-state index is 12.6. The molecule has 0 radical (unpaired) electrons. The molecule has 0 spiro atoms. The standard InChI is InChI=1S/C16H24N2O2S/c1-12-3-2-4-15(7-5-12)18-21(19,20)16-8-6-13-10-17-11-14(13)9-16/h6,8-9,12,15,17-18H,2-5,7,10-11H2,1H3. The van der Waals surface area contributed by atoms with Crippen LogP contribution in [-0.4, -0.2) is 14.5 Å². The van der Waals surface area contributed by atoms with Crippen molar-refractivity contribution in [3.8, 4) is 0 Å². The smallest absolute Gasteiger partial charge is 0.240 e. The Kier molecular flexibility index (Phi) is 4.33. The average molecular weight is 308 g/mol. The highest BCUT2D eigenvalue weighted by atomic mass is 32.2. The number of nitrogens with one attached hydrogen (secondary N) is 2. The zero-order valence-corrected chi connectivity index (χ0v) is 13.4. The van der Waals surface area contributed by atoms with E-state index in [4.69, 9.17) is 0 Å². The van der Waals surface area contributed by atoms with E-state index in [2.05, 4.69) is 17.0 Å². The van der Waals surface area contributed by atoms with E-state index < -0.39 is 10.0 Å². The quantitative estimate of drug-likeness (QED) is 0.844. The van der Waals surface area contributed by atoms with Gasteiger partial charge in [-0.25, -0.2) is 13.1 Å². The van der Waals surface area contributed by atoms with E-state index in [1.165, 1.54) is 12.0 Å². The van der Waals surface area contributed by atoms with E-state index in [0.29, 0.717) is 10.8 Å². The molecule has 1 aromatic rings. The van der Waals surface area contributed by atoms with Crippen molar-refractivity contribution in [1.82, 2.24) is 10.0 Å². The lowest BCUT2D eigenvalue weighted by Gasteiger charge is -2.17. The summed E-state index contributed by atoms with van der Waals surface area (Å²) in [7, 11) is -3.39. The second kappa shape index (κ2) is 6.07. The van der Waals surface area contributed by atoms with Crippen LogP contribution in [0.25, 0.3) is 0 Å². The molecule has 0 aromatic heterocycles. The van der Waals surface area contributed by atoms with Crippen LogP contribution in [0.1, 0.15) is 50.2 Å². The number of fused-ring (bicyclic) bond motifs is 1. The van der Waals surface area contributed by atoms with Crippen LogP contribution in [0.4, 0.5) is 0 Å². The van der Waals surface area contributed by atoms with Gasteiger partial charge in [0.25, 0.3) is 0 Å². The third kappa shape index (κ3) is 3.47. The van der Waals surface area contributed by atoms with E-state index in [-0.39, 0.29) is 6.04 Å². The van der Waals surface area contributed by atoms with Gasteiger partial charge in [-0.2, -0.15) is 0 Å². The van der Waals surface area contributed by atoms with Crippen molar-refractivity contribution in [1.29, 1.82) is 0 Å². The van der Waals surface area contributed by atoms with Gasteiger partial charge < -0.3 is 5.32 Å². The van der Waals surface area contributed by atoms with Crippen LogP contribution >= 0.6 is 0 Å². The van der Waals surface area contributed by atoms with Crippen LogP contribution in [0.2, 0.25) is 0 Å². The molecule has 2 unspecified atom stereocenters. The summed E-state index contributed by atoms with van der Waals surface area (Å²) in [5.41, 5.74) is 2.31. The molecule has 1 heterocycles. The maximum Gasteiger partial charge on any atom is 0.240 e. The highest BCUT2D eigenvalue weighted by Crippen LogP contribution is 2.25. The molecule has 1 saturated carbocycles. The summed E-state index contributed by atoms with van der Waals surface area (Å²) < 4.78 is 28.0. The fraction of sp³-hybridized carbons (Fsp3) is 0.625. The van der Waals surface area contributed by atoms with Gasteiger partial charge in [0.05, 0.1) is 4.90 Å². The van der Waals surface area contributed by atoms with Gasteiger partial charge in [-0.05, 0) is 48.4 Å². The molecule has 0 saturated heterocycles. The summed E-state index contributed by atoms with van der Waals surface area (Å²) in [6, 6.07) is 5.56. The van der Waals surface area contributed by atoms with Gasteiger partial charge in [0.2, 0.25) is 10.0 Å². The lowest BCUT2D eigenvalue weighted by molar-refractivity contribution is 0.484. The zero-order chi connectivity index (χ0) is 14.9. The van der Waals surface area contributed by atoms with Crippen molar-refractivity contribution in [2.75, 3.05) is 0 Å². The van der Waals surface area contributed by atoms with Crippen molar-refractivity contribution in [2.45, 2.75) is 63.1 Å². The molecule has 5 heteroatoms. The molecule has 0 amide bonds. The summed E-state index contributed by atoms with van der Waals surface area (Å²) in [6.07, 6.45) is 5.34. The Labute approximate surface area is 127 Å². The fourth-order valence-electron chi connectivity index (χ4n) is 3.33. The first-order valence-electron chi connectivity index (χ1n) is 7.89. The molecular formula is C16H24N2O2S. The summed E-state index contributed by atoms with van der Waals surface area (Å²) in [5.74, 6) is 0.713. The van der Waals surface area contributed by atoms with Crippen LogP contribution in [0.5, 0.6) is 0 Å². The third-order valence-corrected chi connectivity index (χ3v) is 6.22. The average Bonchev–Trinajstić information content (AvgIpc) is 2.83. The molecule has 2 atom stereocenters. The topological polar surface area (TPSA) is 58.2 Å². The maximum atomic E-state index is 12.6. The van der Waals surface area contributed by atoms with Crippen molar-refractivity contribution in [3.05, 3.63) is 29.3 Å². The van der Waals surface area contributed by atoms with Gasteiger partial charge in [-0.1, -0.05) is 25.8 Å². The van der Waals surface area contributed by atoms with Crippen LogP contribution in [0, 0.1) is 5.92 Å². The summed E-state index contributed by atoms with van der Waals surface area (Å²) in [4.78, 5) is 0.405. The van der Waals surface area contributed by atoms with E-state index in [0.717, 1.165) is 44.3 Å². The number of sulfonamides is 1. The minimum atomic E-state index is -3.39. The molecular weight excluding hydrogens is 284 g/mol. The first kappa shape index (κ1) is 15.0. The monoisotopic (exact) mass is 308 g/mol. The lowest BCUT2D eigenvalue weighted by Crippen LogP contribution is -2.34. The Morgan fingerprint density at radius 3 is 2.76 bits per heavy atom. The number of rotatable bonds is 3. The Bertz CT molecular complexity index is 613. The Morgan fingerprint density at radius 1 is 1.10 bits per heavy atom. The minimum absolute atomic E-state index is 0.0892. The fourth-order valence-corrected chi connectivity index (χ4v) is 4.69. The number of benzene rings is 1. The van der Waals surface area contributed by atoms with Gasteiger partial charge in [0.15, 0.2) is 0 Å². The second-order valence-corrected chi connectivity index (χ2v) is 8.18. The minimum Gasteiger partial charge on any atom is -0.309 e. The second-order valence-electron chi connectivity index (χ2n) is 6.47. The van der Waals surface area contributed by atoms with Gasteiger partial charge in [-0.3, -0.25) is 0 Å². The molecule has 4 nitrogen and oxygen atoms in total. The Hall–Kier alpha value is -0.910. The largest absolute Gasteiger partial charge is 0.309 e. The van der Waals surface area contributed by atoms with Crippen molar-refractivity contribution in [2.24, 2.45) is 5.92 Å². The Morgan fingerprint density at radius 2 is 1.90 bits per heavy atom. The van der Waals surface area contributed by atoms with Crippen LogP contribution in [0.3, 0.4) is 0 Å². The molecule has 1 aromatic carbocycles. The molecule has 1 fully saturated rings. The van der Waals surface area contributed by atoms with E-state index >= 15 is 0 Å². The van der Waals surface area contributed by atoms with Gasteiger partial charge in [0.1, 0.15) is 0 Å². The van der Waals surface area contributed by atoms with E-state index in [1.54, 1.807) is 6.07 Å². The summed E-state index contributed by atoms with van der Waals surface area (Å²) >= 11 is 0. The third-order valence-electron chi connectivity index (χ3n) is 4.70. The highest BCUT2D eigenvalue weighted by Gasteiger charge is 2.24. The summed E-state index contributed by atoms with van der Waals surface area (Å²) in [5, 5.41) is 3.25. The van der Waals surface area contributed by atoms with E-state index in [9.17, 15) is 8.42 Å². The van der Waals surface area contributed by atoms with Crippen molar-refractivity contribution < 1.29 is 8.42 Å². The van der Waals surface area contributed by atoms with Crippen molar-refractivity contribution in [3.63, 3.8) is 0 Å². The van der Waals surface area contributed by atoms with Crippen LogP contribution in [0.15, 0.2) is 23.1 Å². The zero-order valence-electron chi connectivity index (χ0n) is 12.6. The van der Waals surface area contributed by atoms with Gasteiger partial charge in [-0.15, -0.1) is 0 Å². The number of hydrogen-bond acceptors (Lipinski definition) is 3. The van der Waals surface area contributed by atoms with Crippen LogP contribution in [-0.2, 0) is 23.1 Å². The Balaban J connectivity index is 1.74. The molecule has 2 aliphatic rings. The molecule has 3 rings (SSSR count). The first-order valence-corrected chi connectivity index (χ1v) is 9.38. The highest BCUT2D eigenvalue weighted by molar-refractivity contribution is 7.89. The SMILES string of the molecule is CC1CCCC(NS(=O)(=O)c2ccc3c(c2)CNC3)CC1. The molecule has 21 heavy (non-hydrogen) atoms. The van der Waals surface area contributed by atoms with Crippen molar-refractivity contribution >= 4 is 10.0 Å². The van der Waals surface area contributed by atoms with Gasteiger partial charge in [0, 0.05) is 19.1 Å². The summed E-state index contributed by atoms with van der Waals surface area (Å²) in [6.45, 7) is 3.85. The van der Waals surface area contributed by atoms with Crippen LogP contribution < -0.4 is 10.0 Å². The van der Waals surface area contributed by atoms with Gasteiger partial charge >= 0.3 is 0 Å². The van der Waals surface area contributed by atoms with E-state index in [1.807, 2.05) is 12.1 Å². The number of hydrogen-bond donors (Lipinski definition) is 2. The first-order chi connectivity index (χ1) is 10.0. The molecule has 2 N–H and O–H groups in total. The molecule has 1 aliphatic heterocycles. The molecule has 1 aliphatic carbocycles. The molecule has 0 bridgehead atoms. The predicted octanol–water partition coefficient (Wildman–Crippen LogP) is 2.54.